The first-order valence-electron chi connectivity index (χ1n) is 11.6. The third-order valence-electron chi connectivity index (χ3n) is 6.22. The van der Waals surface area contributed by atoms with Crippen molar-refractivity contribution in [3.05, 3.63) is 35.0 Å². The fourth-order valence-electron chi connectivity index (χ4n) is 3.86. The highest BCUT2D eigenvalue weighted by atomic mass is 16.5. The van der Waals surface area contributed by atoms with Gasteiger partial charge in [-0.1, -0.05) is 39.2 Å². The van der Waals surface area contributed by atoms with E-state index in [2.05, 4.69) is 20.7 Å². The van der Waals surface area contributed by atoms with Gasteiger partial charge in [0.1, 0.15) is 6.04 Å². The van der Waals surface area contributed by atoms with E-state index in [1.807, 2.05) is 27.7 Å². The molecular weight excluding hydrogens is 438 g/mol. The normalized spacial score (nSPS) is 15.5. The fraction of sp³-hybridized carbons (Fsp3) is 0.696. The van der Waals surface area contributed by atoms with Gasteiger partial charge in [0.05, 0.1) is 31.2 Å². The number of aromatic nitrogens is 1. The van der Waals surface area contributed by atoms with E-state index in [0.717, 1.165) is 6.42 Å². The van der Waals surface area contributed by atoms with Gasteiger partial charge in [-0.2, -0.15) is 0 Å². The van der Waals surface area contributed by atoms with E-state index >= 15 is 0 Å². The lowest BCUT2D eigenvalue weighted by Crippen LogP contribution is -2.59. The van der Waals surface area contributed by atoms with Crippen molar-refractivity contribution in [1.82, 2.24) is 20.1 Å². The Morgan fingerprint density at radius 2 is 1.82 bits per heavy atom. The maximum atomic E-state index is 13.4. The average molecular weight is 478 g/mol. The van der Waals surface area contributed by atoms with Crippen LogP contribution < -0.4 is 10.6 Å². The summed E-state index contributed by atoms with van der Waals surface area (Å²) in [4.78, 5) is 43.2. The summed E-state index contributed by atoms with van der Waals surface area (Å²) < 4.78 is 7.11. The molecule has 0 radical (unpaired) electrons. The summed E-state index contributed by atoms with van der Waals surface area (Å²) in [5, 5.41) is 9.52. The quantitative estimate of drug-likeness (QED) is 0.240. The first-order valence-corrected chi connectivity index (χ1v) is 11.6. The molecule has 0 aliphatic carbocycles. The molecule has 5 atom stereocenters. The Morgan fingerprint density at radius 1 is 1.21 bits per heavy atom. The van der Waals surface area contributed by atoms with Crippen LogP contribution in [0, 0.1) is 11.8 Å². The summed E-state index contributed by atoms with van der Waals surface area (Å²) in [5.41, 5.74) is 8.84. The number of methoxy groups -OCH3 is 1. The van der Waals surface area contributed by atoms with Gasteiger partial charge in [0.15, 0.2) is 0 Å². The highest BCUT2D eigenvalue weighted by molar-refractivity contribution is 5.90. The van der Waals surface area contributed by atoms with Crippen molar-refractivity contribution in [3.8, 4) is 0 Å². The zero-order chi connectivity index (χ0) is 25.8. The minimum Gasteiger partial charge on any atom is -0.379 e. The Morgan fingerprint density at radius 3 is 2.29 bits per heavy atom. The smallest absolute Gasteiger partial charge is 0.243 e. The number of carbonyl (C=O) groups is 3. The predicted molar refractivity (Wildman–Crippen MR) is 130 cm³/mol. The van der Waals surface area contributed by atoms with Crippen molar-refractivity contribution in [2.24, 2.45) is 17.0 Å². The maximum absolute atomic E-state index is 13.4. The Labute approximate surface area is 201 Å². The van der Waals surface area contributed by atoms with Crippen LogP contribution in [0.5, 0.6) is 0 Å². The van der Waals surface area contributed by atoms with Crippen LogP contribution in [0.4, 0.5) is 0 Å². The summed E-state index contributed by atoms with van der Waals surface area (Å²) in [6, 6.07) is 1.52. The predicted octanol–water partition coefficient (Wildman–Crippen LogP) is 2.45. The van der Waals surface area contributed by atoms with Crippen LogP contribution in [-0.4, -0.2) is 79.2 Å². The highest BCUT2D eigenvalue weighted by Gasteiger charge is 2.35. The number of hydrogen-bond donors (Lipinski definition) is 2. The molecule has 2 N–H and O–H groups in total. The molecule has 11 heteroatoms. The Bertz CT molecular complexity index is 836. The molecule has 11 nitrogen and oxygen atoms in total. The van der Waals surface area contributed by atoms with Crippen LogP contribution in [0.3, 0.4) is 0 Å². The van der Waals surface area contributed by atoms with Crippen molar-refractivity contribution in [2.45, 2.75) is 64.8 Å². The number of hydrogen-bond acceptors (Lipinski definition) is 6. The molecule has 2 amide bonds. The molecule has 1 aromatic rings. The molecule has 0 saturated carbocycles. The zero-order valence-electron chi connectivity index (χ0n) is 21.3. The van der Waals surface area contributed by atoms with Crippen LogP contribution in [0.1, 0.15) is 45.3 Å². The minimum atomic E-state index is -1.01. The molecular formula is C23H39N7O4. The largest absolute Gasteiger partial charge is 0.379 e. The zero-order valence-corrected chi connectivity index (χ0v) is 21.3. The number of carbonyl (C=O) groups excluding carboxylic acids is 3. The van der Waals surface area contributed by atoms with E-state index in [9.17, 15) is 14.4 Å². The van der Waals surface area contributed by atoms with Crippen molar-refractivity contribution in [3.63, 3.8) is 0 Å². The van der Waals surface area contributed by atoms with Gasteiger partial charge in [-0.25, -0.2) is 0 Å². The first kappa shape index (κ1) is 29.2. The number of ether oxygens (including phenoxy) is 1. The molecule has 0 aliphatic heterocycles. The summed E-state index contributed by atoms with van der Waals surface area (Å²) >= 11 is 0. The van der Waals surface area contributed by atoms with Gasteiger partial charge in [0, 0.05) is 31.5 Å². The molecule has 1 heterocycles. The summed E-state index contributed by atoms with van der Waals surface area (Å²) in [6.45, 7) is 7.53. The van der Waals surface area contributed by atoms with Gasteiger partial charge >= 0.3 is 0 Å². The van der Waals surface area contributed by atoms with Crippen LogP contribution >= 0.6 is 0 Å². The fourth-order valence-corrected chi connectivity index (χ4v) is 3.86. The van der Waals surface area contributed by atoms with E-state index in [4.69, 9.17) is 10.3 Å². The molecule has 190 valence electrons. The number of rotatable bonds is 14. The van der Waals surface area contributed by atoms with Gasteiger partial charge in [0.2, 0.25) is 17.7 Å². The monoisotopic (exact) mass is 477 g/mol. The molecule has 1 aromatic heterocycles. The first-order chi connectivity index (χ1) is 16.1. The standard InChI is InChI=1S/C23H39N7O4/c1-8-16(4)21(18(34-7)13-19(31)30-11-9-10-12-30)27-22(32)17(14-26-28-24)29(6)23(33)20(25-5)15(2)3/h9-12,15-18,20-21,25H,8,13-14H2,1-7H3,(H,27,32)/t16-,17-,18+,20-,21-/m0/s1. The second kappa shape index (κ2) is 14.4. The number of likely N-dealkylation sites (N-methyl/N-ethyl adjacent to an activating group) is 2. The second-order valence-corrected chi connectivity index (χ2v) is 8.77. The van der Waals surface area contributed by atoms with Crippen molar-refractivity contribution < 1.29 is 19.1 Å². The number of nitrogens with one attached hydrogen (secondary N) is 2. The maximum Gasteiger partial charge on any atom is 0.243 e. The van der Waals surface area contributed by atoms with Crippen LogP contribution in [0.15, 0.2) is 29.6 Å². The van der Waals surface area contributed by atoms with E-state index < -0.39 is 30.1 Å². The Hall–Kier alpha value is -2.88. The van der Waals surface area contributed by atoms with Gasteiger partial charge in [0.25, 0.3) is 0 Å². The minimum absolute atomic E-state index is 0.00596. The number of nitrogens with zero attached hydrogens (tertiary/aromatic N) is 5. The molecule has 0 unspecified atom stereocenters. The topological polar surface area (TPSA) is 141 Å². The third-order valence-corrected chi connectivity index (χ3v) is 6.22. The highest BCUT2D eigenvalue weighted by Crippen LogP contribution is 2.18. The average Bonchev–Trinajstić information content (AvgIpc) is 3.36. The van der Waals surface area contributed by atoms with Crippen LogP contribution in [0.2, 0.25) is 0 Å². The lowest BCUT2D eigenvalue weighted by Gasteiger charge is -2.35. The van der Waals surface area contributed by atoms with Gasteiger partial charge < -0.3 is 20.3 Å². The molecule has 0 saturated heterocycles. The van der Waals surface area contributed by atoms with Gasteiger partial charge in [-0.3, -0.25) is 19.0 Å². The Kier molecular flexibility index (Phi) is 12.3. The van der Waals surface area contributed by atoms with Crippen LogP contribution in [0.25, 0.3) is 10.4 Å². The summed E-state index contributed by atoms with van der Waals surface area (Å²) in [6.07, 6.45) is 3.53. The molecule has 34 heavy (non-hydrogen) atoms. The molecule has 0 spiro atoms. The summed E-state index contributed by atoms with van der Waals surface area (Å²) in [7, 11) is 4.71. The van der Waals surface area contributed by atoms with E-state index in [1.54, 1.807) is 31.6 Å². The number of amides is 2. The summed E-state index contributed by atoms with van der Waals surface area (Å²) in [5.74, 6) is -0.938. The van der Waals surface area contributed by atoms with E-state index in [0.29, 0.717) is 0 Å². The van der Waals surface area contributed by atoms with Crippen LogP contribution in [-0.2, 0) is 14.3 Å². The second-order valence-electron chi connectivity index (χ2n) is 8.77. The SMILES string of the molecule is CC[C@H](C)[C@H](NC(=O)[C@H](CN=[N+]=[N-])N(C)C(=O)[C@@H](NC)C(C)C)[C@@H](CC(=O)n1cccc1)OC. The van der Waals surface area contributed by atoms with E-state index in [-0.39, 0.29) is 36.6 Å². The third kappa shape index (κ3) is 7.86. The molecule has 0 bridgehead atoms. The van der Waals surface area contributed by atoms with Crippen molar-refractivity contribution in [1.29, 1.82) is 0 Å². The van der Waals surface area contributed by atoms with Gasteiger partial charge in [-0.15, -0.1) is 0 Å². The Balaban J connectivity index is 3.16. The molecule has 1 rings (SSSR count). The molecule has 0 aromatic carbocycles. The number of azide groups is 1. The lowest BCUT2D eigenvalue weighted by molar-refractivity contribution is -0.141. The van der Waals surface area contributed by atoms with Gasteiger partial charge in [-0.05, 0) is 36.5 Å². The van der Waals surface area contributed by atoms with E-state index in [1.165, 1.54) is 23.6 Å². The van der Waals surface area contributed by atoms with Crippen molar-refractivity contribution >= 4 is 17.7 Å². The van der Waals surface area contributed by atoms with Crippen molar-refractivity contribution in [2.75, 3.05) is 27.7 Å². The molecule has 0 aliphatic rings. The molecule has 0 fully saturated rings. The lowest BCUT2D eigenvalue weighted by atomic mass is 9.91.